The molecule has 1 amide bonds. The summed E-state index contributed by atoms with van der Waals surface area (Å²) >= 11 is 0. The molecule has 0 spiro atoms. The summed E-state index contributed by atoms with van der Waals surface area (Å²) in [6, 6.07) is 8.39. The second-order valence-electron chi connectivity index (χ2n) is 6.31. The number of benzene rings is 1. The molecular weight excluding hydrogens is 298 g/mol. The molecule has 1 aromatic carbocycles. The molecular formula is C20H27N3O. The first-order chi connectivity index (χ1) is 11.6. The van der Waals surface area contributed by atoms with Crippen molar-refractivity contribution >= 4 is 5.91 Å². The lowest BCUT2D eigenvalue weighted by Crippen LogP contribution is -2.29. The zero-order valence-corrected chi connectivity index (χ0v) is 14.9. The van der Waals surface area contributed by atoms with Crippen LogP contribution in [-0.4, -0.2) is 23.9 Å². The van der Waals surface area contributed by atoms with Crippen LogP contribution in [0.5, 0.6) is 0 Å². The first-order valence-corrected chi connectivity index (χ1v) is 8.87. The van der Waals surface area contributed by atoms with E-state index in [-0.39, 0.29) is 17.5 Å². The summed E-state index contributed by atoms with van der Waals surface area (Å²) < 4.78 is 0. The average molecular weight is 325 g/mol. The Hall–Kier alpha value is -2.28. The van der Waals surface area contributed by atoms with Gasteiger partial charge in [0.15, 0.2) is 0 Å². The minimum Gasteiger partial charge on any atom is -0.377 e. The van der Waals surface area contributed by atoms with Gasteiger partial charge in [-0.1, -0.05) is 18.2 Å². The van der Waals surface area contributed by atoms with Crippen molar-refractivity contribution in [2.45, 2.75) is 52.5 Å². The van der Waals surface area contributed by atoms with Gasteiger partial charge in [0.25, 0.3) is 5.91 Å². The van der Waals surface area contributed by atoms with Crippen LogP contribution in [0.1, 0.15) is 56.3 Å². The van der Waals surface area contributed by atoms with Gasteiger partial charge in [0, 0.05) is 19.3 Å². The van der Waals surface area contributed by atoms with E-state index in [0.29, 0.717) is 0 Å². The standard InChI is InChI=1S/C20H27N3O/c1-4-23(5-2)14-19(13-21)20(24)22-15(3)17-11-10-16-8-6-7-9-18(16)12-17/h10-12,14-15H,4-9H2,1-3H3,(H,22,24)/b19-14-. The van der Waals surface area contributed by atoms with E-state index in [9.17, 15) is 10.1 Å². The Morgan fingerprint density at radius 2 is 1.96 bits per heavy atom. The maximum Gasteiger partial charge on any atom is 0.263 e. The fourth-order valence-electron chi connectivity index (χ4n) is 3.11. The Balaban J connectivity index is 2.09. The maximum absolute atomic E-state index is 12.4. The summed E-state index contributed by atoms with van der Waals surface area (Å²) in [5.74, 6) is -0.311. The maximum atomic E-state index is 12.4. The van der Waals surface area contributed by atoms with E-state index in [4.69, 9.17) is 0 Å². The molecule has 0 bridgehead atoms. The molecule has 4 nitrogen and oxygen atoms in total. The summed E-state index contributed by atoms with van der Waals surface area (Å²) in [5.41, 5.74) is 4.09. The van der Waals surface area contributed by atoms with E-state index in [1.54, 1.807) is 6.20 Å². The number of nitriles is 1. The molecule has 1 aliphatic carbocycles. The number of nitrogens with zero attached hydrogens (tertiary/aromatic N) is 2. The summed E-state index contributed by atoms with van der Waals surface area (Å²) in [5, 5.41) is 12.2. The molecule has 0 aliphatic heterocycles. The van der Waals surface area contributed by atoms with E-state index in [0.717, 1.165) is 31.5 Å². The third-order valence-corrected chi connectivity index (χ3v) is 4.71. The highest BCUT2D eigenvalue weighted by molar-refractivity contribution is 5.97. The molecule has 1 aromatic rings. The van der Waals surface area contributed by atoms with Gasteiger partial charge in [-0.05, 0) is 63.1 Å². The minimum absolute atomic E-state index is 0.113. The number of nitrogens with one attached hydrogen (secondary N) is 1. The highest BCUT2D eigenvalue weighted by Gasteiger charge is 2.16. The van der Waals surface area contributed by atoms with Gasteiger partial charge in [0.2, 0.25) is 0 Å². The monoisotopic (exact) mass is 325 g/mol. The first-order valence-electron chi connectivity index (χ1n) is 8.87. The number of aryl methyl sites for hydroxylation is 2. The topological polar surface area (TPSA) is 56.1 Å². The molecule has 1 unspecified atom stereocenters. The average Bonchev–Trinajstić information content (AvgIpc) is 2.62. The number of carbonyl (C=O) groups is 1. The molecule has 0 fully saturated rings. The molecule has 0 saturated heterocycles. The molecule has 1 atom stereocenters. The number of hydrogen-bond donors (Lipinski definition) is 1. The van der Waals surface area contributed by atoms with Crippen molar-refractivity contribution in [1.29, 1.82) is 5.26 Å². The van der Waals surface area contributed by atoms with E-state index < -0.39 is 0 Å². The van der Waals surface area contributed by atoms with Crippen LogP contribution in [0.4, 0.5) is 0 Å². The van der Waals surface area contributed by atoms with Crippen LogP contribution in [-0.2, 0) is 17.6 Å². The zero-order valence-electron chi connectivity index (χ0n) is 14.9. The molecule has 0 saturated carbocycles. The quantitative estimate of drug-likeness (QED) is 0.643. The van der Waals surface area contributed by atoms with Gasteiger partial charge >= 0.3 is 0 Å². The summed E-state index contributed by atoms with van der Waals surface area (Å²) in [6.45, 7) is 7.52. The van der Waals surface area contributed by atoms with Gasteiger partial charge in [-0.25, -0.2) is 0 Å². The van der Waals surface area contributed by atoms with Crippen LogP contribution >= 0.6 is 0 Å². The Bertz CT molecular complexity index is 653. The third-order valence-electron chi connectivity index (χ3n) is 4.71. The van der Waals surface area contributed by atoms with Crippen LogP contribution in [0.25, 0.3) is 0 Å². The summed E-state index contributed by atoms with van der Waals surface area (Å²) in [4.78, 5) is 14.3. The molecule has 1 aliphatic rings. The van der Waals surface area contributed by atoms with Crippen molar-refractivity contribution in [2.75, 3.05) is 13.1 Å². The Morgan fingerprint density at radius 3 is 2.58 bits per heavy atom. The van der Waals surface area contributed by atoms with Crippen molar-refractivity contribution in [1.82, 2.24) is 10.2 Å². The molecule has 128 valence electrons. The van der Waals surface area contributed by atoms with Gasteiger partial charge < -0.3 is 10.2 Å². The lowest BCUT2D eigenvalue weighted by molar-refractivity contribution is -0.117. The highest BCUT2D eigenvalue weighted by Crippen LogP contribution is 2.24. The lowest BCUT2D eigenvalue weighted by atomic mass is 9.89. The van der Waals surface area contributed by atoms with Crippen LogP contribution in [0.15, 0.2) is 30.0 Å². The Labute approximate surface area is 145 Å². The number of fused-ring (bicyclic) bond motifs is 1. The van der Waals surface area contributed by atoms with Crippen molar-refractivity contribution in [2.24, 2.45) is 0 Å². The highest BCUT2D eigenvalue weighted by atomic mass is 16.1. The predicted molar refractivity (Wildman–Crippen MR) is 96.3 cm³/mol. The van der Waals surface area contributed by atoms with Crippen LogP contribution < -0.4 is 5.32 Å². The Morgan fingerprint density at radius 1 is 1.29 bits per heavy atom. The van der Waals surface area contributed by atoms with Gasteiger partial charge in [-0.15, -0.1) is 0 Å². The summed E-state index contributed by atoms with van der Waals surface area (Å²) in [6.07, 6.45) is 6.42. The molecule has 0 aromatic heterocycles. The van der Waals surface area contributed by atoms with Gasteiger partial charge in [-0.3, -0.25) is 4.79 Å². The van der Waals surface area contributed by atoms with Crippen LogP contribution in [0, 0.1) is 11.3 Å². The first kappa shape index (κ1) is 18.1. The number of carbonyl (C=O) groups excluding carboxylic acids is 1. The minimum atomic E-state index is -0.311. The lowest BCUT2D eigenvalue weighted by Gasteiger charge is -2.20. The van der Waals surface area contributed by atoms with Gasteiger partial charge in [0.1, 0.15) is 11.6 Å². The molecule has 24 heavy (non-hydrogen) atoms. The fourth-order valence-corrected chi connectivity index (χ4v) is 3.11. The van der Waals surface area contributed by atoms with Crippen LogP contribution in [0.3, 0.4) is 0 Å². The largest absolute Gasteiger partial charge is 0.377 e. The zero-order chi connectivity index (χ0) is 17.5. The second-order valence-corrected chi connectivity index (χ2v) is 6.31. The number of hydrogen-bond acceptors (Lipinski definition) is 3. The van der Waals surface area contributed by atoms with Crippen molar-refractivity contribution < 1.29 is 4.79 Å². The normalized spacial score (nSPS) is 15.2. The van der Waals surface area contributed by atoms with E-state index in [1.807, 2.05) is 31.7 Å². The van der Waals surface area contributed by atoms with E-state index >= 15 is 0 Å². The van der Waals surface area contributed by atoms with Gasteiger partial charge in [0.05, 0.1) is 6.04 Å². The van der Waals surface area contributed by atoms with Crippen LogP contribution in [0.2, 0.25) is 0 Å². The smallest absolute Gasteiger partial charge is 0.263 e. The summed E-state index contributed by atoms with van der Waals surface area (Å²) in [7, 11) is 0. The Kier molecular flexibility index (Phi) is 6.43. The number of amides is 1. The molecule has 0 heterocycles. The molecule has 2 rings (SSSR count). The predicted octanol–water partition coefficient (Wildman–Crippen LogP) is 3.49. The molecule has 1 N–H and O–H groups in total. The van der Waals surface area contributed by atoms with Crippen molar-refractivity contribution in [3.8, 4) is 6.07 Å². The number of rotatable bonds is 6. The van der Waals surface area contributed by atoms with Crippen molar-refractivity contribution in [3.63, 3.8) is 0 Å². The third kappa shape index (κ3) is 4.38. The van der Waals surface area contributed by atoms with E-state index in [2.05, 4.69) is 23.5 Å². The van der Waals surface area contributed by atoms with Gasteiger partial charge in [-0.2, -0.15) is 5.26 Å². The second kappa shape index (κ2) is 8.54. The fraction of sp³-hybridized carbons (Fsp3) is 0.500. The van der Waals surface area contributed by atoms with E-state index in [1.165, 1.54) is 24.0 Å². The molecule has 0 radical (unpaired) electrons. The molecule has 4 heteroatoms. The van der Waals surface area contributed by atoms with Crippen molar-refractivity contribution in [3.05, 3.63) is 46.7 Å². The SMILES string of the molecule is CCN(/C=C(/C#N)C(=O)NC(C)c1ccc2c(c1)CCCC2)CC.